The molecule has 36 heavy (non-hydrogen) atoms. The van der Waals surface area contributed by atoms with Crippen LogP contribution in [0.25, 0.3) is 10.9 Å². The number of pyridine rings is 1. The van der Waals surface area contributed by atoms with E-state index >= 15 is 0 Å². The SMILES string of the molecule is COc1ccc2ncc(C#N)c(CCN3C4CCC3CC(NCc3ccc5c(c3)OCCO5)C4)c2c1. The lowest BCUT2D eigenvalue weighted by atomic mass is 9.95. The molecule has 1 aromatic heterocycles. The molecule has 0 aliphatic carbocycles. The van der Waals surface area contributed by atoms with Crippen LogP contribution in [0.2, 0.25) is 0 Å². The molecule has 2 bridgehead atoms. The van der Waals surface area contributed by atoms with Gasteiger partial charge < -0.3 is 19.5 Å². The summed E-state index contributed by atoms with van der Waals surface area (Å²) in [5.41, 5.74) is 3.90. The molecule has 2 unspecified atom stereocenters. The fourth-order valence-electron chi connectivity index (χ4n) is 6.23. The molecule has 186 valence electrons. The number of hydrogen-bond donors (Lipinski definition) is 1. The van der Waals surface area contributed by atoms with Gasteiger partial charge in [0.25, 0.3) is 0 Å². The van der Waals surface area contributed by atoms with Gasteiger partial charge in [-0.05, 0) is 73.6 Å². The first-order valence-corrected chi connectivity index (χ1v) is 12.9. The van der Waals surface area contributed by atoms with Crippen molar-refractivity contribution in [1.29, 1.82) is 5.26 Å². The van der Waals surface area contributed by atoms with Gasteiger partial charge in [0, 0.05) is 42.8 Å². The average Bonchev–Trinajstić information content (AvgIpc) is 3.16. The fraction of sp³-hybridized carbons (Fsp3) is 0.448. The first-order valence-electron chi connectivity index (χ1n) is 12.9. The number of aromatic nitrogens is 1. The van der Waals surface area contributed by atoms with E-state index in [2.05, 4.69) is 33.4 Å². The quantitative estimate of drug-likeness (QED) is 0.538. The topological polar surface area (TPSA) is 79.6 Å². The number of ether oxygens (including phenoxy) is 3. The highest BCUT2D eigenvalue weighted by Crippen LogP contribution is 2.37. The lowest BCUT2D eigenvalue weighted by Gasteiger charge is -2.39. The Morgan fingerprint density at radius 1 is 1.08 bits per heavy atom. The number of piperidine rings is 1. The predicted molar refractivity (Wildman–Crippen MR) is 138 cm³/mol. The molecule has 0 saturated carbocycles. The lowest BCUT2D eigenvalue weighted by Crippen LogP contribution is -2.49. The van der Waals surface area contributed by atoms with Crippen molar-refractivity contribution >= 4 is 10.9 Å². The summed E-state index contributed by atoms with van der Waals surface area (Å²) in [7, 11) is 1.67. The molecule has 2 saturated heterocycles. The van der Waals surface area contributed by atoms with Crippen LogP contribution < -0.4 is 19.5 Å². The minimum Gasteiger partial charge on any atom is -0.497 e. The highest BCUT2D eigenvalue weighted by Gasteiger charge is 2.40. The van der Waals surface area contributed by atoms with Gasteiger partial charge >= 0.3 is 0 Å². The molecule has 7 heteroatoms. The second kappa shape index (κ2) is 9.96. The molecule has 0 spiro atoms. The van der Waals surface area contributed by atoms with E-state index < -0.39 is 0 Å². The first kappa shape index (κ1) is 23.1. The summed E-state index contributed by atoms with van der Waals surface area (Å²) >= 11 is 0. The maximum absolute atomic E-state index is 9.75. The summed E-state index contributed by atoms with van der Waals surface area (Å²) in [6, 6.07) is 16.2. The number of hydrogen-bond acceptors (Lipinski definition) is 7. The summed E-state index contributed by atoms with van der Waals surface area (Å²) in [5, 5.41) is 14.6. The molecule has 7 nitrogen and oxygen atoms in total. The third-order valence-electron chi connectivity index (χ3n) is 8.01. The highest BCUT2D eigenvalue weighted by molar-refractivity contribution is 5.85. The van der Waals surface area contributed by atoms with E-state index in [4.69, 9.17) is 14.2 Å². The van der Waals surface area contributed by atoms with Crippen molar-refractivity contribution in [2.45, 2.75) is 56.8 Å². The molecular weight excluding hydrogens is 452 g/mol. The Labute approximate surface area is 212 Å². The van der Waals surface area contributed by atoms with Crippen LogP contribution in [0.3, 0.4) is 0 Å². The standard InChI is InChI=1S/C29H32N4O3/c1-34-24-5-6-27-26(15-24)25(20(16-30)18-32-27)8-9-33-22-3-4-23(33)14-21(13-22)31-17-19-2-7-28-29(12-19)36-11-10-35-28/h2,5-7,12,15,18,21-23,31H,3-4,8-11,13-14,17H2,1H3. The van der Waals surface area contributed by atoms with Gasteiger partial charge in [-0.25, -0.2) is 0 Å². The Morgan fingerprint density at radius 3 is 2.67 bits per heavy atom. The number of fused-ring (bicyclic) bond motifs is 4. The van der Waals surface area contributed by atoms with E-state index in [0.717, 1.165) is 66.1 Å². The summed E-state index contributed by atoms with van der Waals surface area (Å²) in [6.45, 7) is 3.05. The summed E-state index contributed by atoms with van der Waals surface area (Å²) in [4.78, 5) is 7.18. The van der Waals surface area contributed by atoms with E-state index in [1.165, 1.54) is 18.4 Å². The second-order valence-corrected chi connectivity index (χ2v) is 10.0. The van der Waals surface area contributed by atoms with Gasteiger partial charge in [-0.1, -0.05) is 6.07 Å². The van der Waals surface area contributed by atoms with Gasteiger partial charge in [0.05, 0.1) is 18.2 Å². The highest BCUT2D eigenvalue weighted by atomic mass is 16.6. The van der Waals surface area contributed by atoms with E-state index in [9.17, 15) is 5.26 Å². The number of methoxy groups -OCH3 is 1. The molecule has 3 aromatic rings. The van der Waals surface area contributed by atoms with Crippen LogP contribution in [0.15, 0.2) is 42.6 Å². The molecule has 4 heterocycles. The first-order chi connectivity index (χ1) is 17.7. The largest absolute Gasteiger partial charge is 0.497 e. The number of benzene rings is 2. The number of rotatable bonds is 7. The van der Waals surface area contributed by atoms with Crippen LogP contribution in [-0.4, -0.2) is 54.9 Å². The van der Waals surface area contributed by atoms with Crippen molar-refractivity contribution in [3.63, 3.8) is 0 Å². The third-order valence-corrected chi connectivity index (χ3v) is 8.01. The van der Waals surface area contributed by atoms with E-state index in [-0.39, 0.29) is 0 Å². The molecule has 2 atom stereocenters. The van der Waals surface area contributed by atoms with E-state index in [1.807, 2.05) is 24.3 Å². The Morgan fingerprint density at radius 2 is 1.89 bits per heavy atom. The minimum absolute atomic E-state index is 0.521. The number of nitriles is 1. The number of nitrogens with zero attached hydrogens (tertiary/aromatic N) is 3. The summed E-state index contributed by atoms with van der Waals surface area (Å²) in [5.74, 6) is 2.50. The average molecular weight is 485 g/mol. The van der Waals surface area contributed by atoms with Crippen molar-refractivity contribution in [3.8, 4) is 23.3 Å². The minimum atomic E-state index is 0.521. The second-order valence-electron chi connectivity index (χ2n) is 10.0. The van der Waals surface area contributed by atoms with Crippen LogP contribution in [0, 0.1) is 11.3 Å². The maximum Gasteiger partial charge on any atom is 0.161 e. The van der Waals surface area contributed by atoms with Crippen molar-refractivity contribution in [2.75, 3.05) is 26.9 Å². The van der Waals surface area contributed by atoms with Crippen LogP contribution in [0.5, 0.6) is 17.2 Å². The molecule has 0 radical (unpaired) electrons. The van der Waals surface area contributed by atoms with Crippen molar-refractivity contribution in [2.24, 2.45) is 0 Å². The van der Waals surface area contributed by atoms with Crippen LogP contribution in [0.4, 0.5) is 0 Å². The smallest absolute Gasteiger partial charge is 0.161 e. The van der Waals surface area contributed by atoms with Gasteiger partial charge in [0.15, 0.2) is 11.5 Å². The Bertz CT molecular complexity index is 1290. The molecule has 2 fully saturated rings. The molecule has 2 aromatic carbocycles. The lowest BCUT2D eigenvalue weighted by molar-refractivity contribution is 0.118. The van der Waals surface area contributed by atoms with Gasteiger partial charge in [0.2, 0.25) is 0 Å². The summed E-state index contributed by atoms with van der Waals surface area (Å²) in [6.07, 6.45) is 7.39. The third kappa shape index (κ3) is 4.47. The Balaban J connectivity index is 1.10. The van der Waals surface area contributed by atoms with Crippen molar-refractivity contribution in [3.05, 3.63) is 59.3 Å². The van der Waals surface area contributed by atoms with E-state index in [0.29, 0.717) is 36.9 Å². The molecule has 6 rings (SSSR count). The zero-order valence-corrected chi connectivity index (χ0v) is 20.7. The monoisotopic (exact) mass is 484 g/mol. The van der Waals surface area contributed by atoms with Gasteiger partial charge in [0.1, 0.15) is 25.0 Å². The summed E-state index contributed by atoms with van der Waals surface area (Å²) < 4.78 is 16.8. The van der Waals surface area contributed by atoms with Crippen LogP contribution >= 0.6 is 0 Å². The van der Waals surface area contributed by atoms with Gasteiger partial charge in [-0.3, -0.25) is 9.88 Å². The zero-order chi connectivity index (χ0) is 24.5. The van der Waals surface area contributed by atoms with Crippen molar-refractivity contribution in [1.82, 2.24) is 15.2 Å². The fourth-order valence-corrected chi connectivity index (χ4v) is 6.23. The van der Waals surface area contributed by atoms with Gasteiger partial charge in [-0.15, -0.1) is 0 Å². The Hall–Kier alpha value is -3.34. The molecule has 1 N–H and O–H groups in total. The van der Waals surface area contributed by atoms with Crippen LogP contribution in [0.1, 0.15) is 42.4 Å². The number of nitrogens with one attached hydrogen (secondary N) is 1. The Kier molecular flexibility index (Phi) is 6.39. The molecule has 3 aliphatic heterocycles. The van der Waals surface area contributed by atoms with Crippen LogP contribution in [-0.2, 0) is 13.0 Å². The molecule has 3 aliphatic rings. The van der Waals surface area contributed by atoms with E-state index in [1.54, 1.807) is 13.3 Å². The maximum atomic E-state index is 9.75. The zero-order valence-electron chi connectivity index (χ0n) is 20.7. The predicted octanol–water partition coefficient (Wildman–Crippen LogP) is 4.21. The normalized spacial score (nSPS) is 22.9. The van der Waals surface area contributed by atoms with Crippen molar-refractivity contribution < 1.29 is 14.2 Å². The molecular formula is C29H32N4O3. The van der Waals surface area contributed by atoms with Gasteiger partial charge in [-0.2, -0.15) is 5.26 Å². The molecule has 0 amide bonds.